The number of benzene rings is 4. The van der Waals surface area contributed by atoms with Gasteiger partial charge in [0.25, 0.3) is 5.91 Å². The number of aryl methyl sites for hydroxylation is 1. The van der Waals surface area contributed by atoms with Crippen LogP contribution in [-0.2, 0) is 22.4 Å². The maximum atomic E-state index is 14.4. The predicted octanol–water partition coefficient (Wildman–Crippen LogP) is 7.22. The molecule has 0 bridgehead atoms. The van der Waals surface area contributed by atoms with Crippen LogP contribution in [0.25, 0.3) is 0 Å². The molecule has 1 heterocycles. The highest BCUT2D eigenvalue weighted by molar-refractivity contribution is 9.10. The number of hydrogen-bond acceptors (Lipinski definition) is 5. The average molecular weight is 706 g/mol. The molecule has 5 rings (SSSR count). The lowest BCUT2D eigenvalue weighted by atomic mass is 9.82. The monoisotopic (exact) mass is 704 g/mol. The number of halogens is 2. The second-order valence-corrected chi connectivity index (χ2v) is 12.1. The van der Waals surface area contributed by atoms with Crippen LogP contribution in [0.1, 0.15) is 41.2 Å². The quantitative estimate of drug-likeness (QED) is 0.144. The van der Waals surface area contributed by atoms with E-state index in [1.54, 1.807) is 0 Å². The van der Waals surface area contributed by atoms with Crippen LogP contribution in [0.4, 0.5) is 0 Å². The van der Waals surface area contributed by atoms with Crippen molar-refractivity contribution >= 4 is 43.7 Å². The van der Waals surface area contributed by atoms with Gasteiger partial charge in [-0.15, -0.1) is 0 Å². The van der Waals surface area contributed by atoms with Crippen LogP contribution in [0.2, 0.25) is 0 Å². The molecule has 8 heteroatoms. The summed E-state index contributed by atoms with van der Waals surface area (Å²) in [7, 11) is 0. The Bertz CT molecular complexity index is 1550. The molecule has 4 aromatic carbocycles. The first-order chi connectivity index (χ1) is 21.0. The van der Waals surface area contributed by atoms with Gasteiger partial charge in [0.15, 0.2) is 11.6 Å². The Morgan fingerprint density at radius 2 is 1.58 bits per heavy atom. The fourth-order valence-electron chi connectivity index (χ4n) is 5.17. The van der Waals surface area contributed by atoms with Gasteiger partial charge in [-0.3, -0.25) is 4.79 Å². The van der Waals surface area contributed by atoms with Crippen molar-refractivity contribution in [3.05, 3.63) is 134 Å². The van der Waals surface area contributed by atoms with Crippen LogP contribution in [0.3, 0.4) is 0 Å². The van der Waals surface area contributed by atoms with Crippen molar-refractivity contribution in [2.24, 2.45) is 4.99 Å². The molecule has 0 aromatic heterocycles. The summed E-state index contributed by atoms with van der Waals surface area (Å²) in [6.07, 6.45) is 1.87. The molecule has 1 aliphatic heterocycles. The number of amides is 1. The summed E-state index contributed by atoms with van der Waals surface area (Å²) in [6, 6.07) is 33.5. The Hall–Kier alpha value is -3.46. The van der Waals surface area contributed by atoms with Gasteiger partial charge < -0.3 is 19.9 Å². The van der Waals surface area contributed by atoms with E-state index in [-0.39, 0.29) is 12.5 Å². The third-order valence-corrected chi connectivity index (χ3v) is 8.90. The Morgan fingerprint density at radius 3 is 2.30 bits per heavy atom. The fourth-order valence-corrected chi connectivity index (χ4v) is 6.09. The molecule has 2 N–H and O–H groups in total. The lowest BCUT2D eigenvalue weighted by molar-refractivity contribution is -0.128. The van der Waals surface area contributed by atoms with Gasteiger partial charge in [-0.05, 0) is 60.4 Å². The third-order valence-electron chi connectivity index (χ3n) is 7.41. The zero-order valence-corrected chi connectivity index (χ0v) is 26.9. The highest BCUT2D eigenvalue weighted by atomic mass is 79.9. The second kappa shape index (κ2) is 14.8. The zero-order valence-electron chi connectivity index (χ0n) is 23.7. The van der Waals surface area contributed by atoms with Gasteiger partial charge in [-0.1, -0.05) is 98.6 Å². The molecule has 6 nitrogen and oxygen atoms in total. The minimum atomic E-state index is -1.27. The number of nitrogens with zero attached hydrogens (tertiary/aromatic N) is 1. The number of ether oxygens (including phenoxy) is 2. The Balaban J connectivity index is 1.50. The summed E-state index contributed by atoms with van der Waals surface area (Å²) >= 11 is 7.40. The number of aliphatic hydroxyl groups excluding tert-OH is 1. The summed E-state index contributed by atoms with van der Waals surface area (Å²) < 4.78 is 14.1. The molecule has 1 aliphatic rings. The molecule has 0 spiro atoms. The summed E-state index contributed by atoms with van der Waals surface area (Å²) in [5, 5.41) is 12.3. The zero-order chi connectivity index (χ0) is 30.1. The lowest BCUT2D eigenvalue weighted by Crippen LogP contribution is -2.50. The van der Waals surface area contributed by atoms with E-state index in [1.807, 2.05) is 91.0 Å². The molecule has 2 atom stereocenters. The van der Waals surface area contributed by atoms with Gasteiger partial charge in [0.1, 0.15) is 5.75 Å². The van der Waals surface area contributed by atoms with Crippen molar-refractivity contribution in [2.75, 3.05) is 19.8 Å². The van der Waals surface area contributed by atoms with Crippen LogP contribution >= 0.6 is 31.9 Å². The van der Waals surface area contributed by atoms with E-state index in [9.17, 15) is 4.79 Å². The second-order valence-electron chi connectivity index (χ2n) is 10.4. The molecule has 43 heavy (non-hydrogen) atoms. The number of aliphatic imine (C=N–C) groups is 1. The Kier molecular flexibility index (Phi) is 10.7. The molecule has 0 aliphatic carbocycles. The molecule has 4 aromatic rings. The van der Waals surface area contributed by atoms with Gasteiger partial charge in [0.05, 0.1) is 6.61 Å². The summed E-state index contributed by atoms with van der Waals surface area (Å²) in [6.45, 7) is 1.02. The van der Waals surface area contributed by atoms with Crippen LogP contribution < -0.4 is 10.1 Å². The number of nitrogens with one attached hydrogen (secondary N) is 1. The smallest absolute Gasteiger partial charge is 0.252 e. The van der Waals surface area contributed by atoms with E-state index in [1.165, 1.54) is 5.56 Å². The van der Waals surface area contributed by atoms with E-state index in [4.69, 9.17) is 19.6 Å². The summed E-state index contributed by atoms with van der Waals surface area (Å²) in [4.78, 5) is 19.5. The predicted molar refractivity (Wildman–Crippen MR) is 176 cm³/mol. The molecule has 0 saturated carbocycles. The number of hydrogen-bond donors (Lipinski definition) is 2. The lowest BCUT2D eigenvalue weighted by Gasteiger charge is -2.31. The summed E-state index contributed by atoms with van der Waals surface area (Å²) in [5.74, 6) is 0.902. The number of aliphatic hydroxyl groups is 1. The van der Waals surface area contributed by atoms with Crippen molar-refractivity contribution in [3.8, 4) is 5.75 Å². The Labute approximate surface area is 269 Å². The van der Waals surface area contributed by atoms with Crippen LogP contribution in [0.5, 0.6) is 5.75 Å². The molecule has 1 amide bonds. The van der Waals surface area contributed by atoms with Gasteiger partial charge in [-0.25, -0.2) is 4.99 Å². The van der Waals surface area contributed by atoms with Crippen molar-refractivity contribution < 1.29 is 19.4 Å². The van der Waals surface area contributed by atoms with Crippen molar-refractivity contribution in [2.45, 2.75) is 37.3 Å². The van der Waals surface area contributed by atoms with Gasteiger partial charge in [-0.2, -0.15) is 0 Å². The van der Waals surface area contributed by atoms with E-state index >= 15 is 0 Å². The highest BCUT2D eigenvalue weighted by Crippen LogP contribution is 2.45. The van der Waals surface area contributed by atoms with Crippen LogP contribution in [0, 0.1) is 0 Å². The minimum absolute atomic E-state index is 0.0765. The van der Waals surface area contributed by atoms with Crippen LogP contribution in [-0.4, -0.2) is 42.2 Å². The van der Waals surface area contributed by atoms with Crippen LogP contribution in [0.15, 0.2) is 117 Å². The SMILES string of the molecule is O=C(NCCCc1ccccc1)[C@]1(Cc2ccccc2Br)N=C(c2ccc(OCCCO)cc2)O[C@@H]1c1ccccc1Br. The first-order valence-electron chi connectivity index (χ1n) is 14.4. The normalized spacial score (nSPS) is 17.7. The Morgan fingerprint density at radius 1 is 0.884 bits per heavy atom. The minimum Gasteiger partial charge on any atom is -0.494 e. The first kappa shape index (κ1) is 31.0. The third kappa shape index (κ3) is 7.55. The maximum absolute atomic E-state index is 14.4. The number of carbonyl (C=O) groups is 1. The molecule has 0 saturated heterocycles. The van der Waals surface area contributed by atoms with Crippen molar-refractivity contribution in [3.63, 3.8) is 0 Å². The van der Waals surface area contributed by atoms with E-state index in [0.717, 1.165) is 38.5 Å². The van der Waals surface area contributed by atoms with Crippen molar-refractivity contribution in [1.29, 1.82) is 0 Å². The average Bonchev–Trinajstić information content (AvgIpc) is 3.42. The van der Waals surface area contributed by atoms with E-state index in [2.05, 4.69) is 49.3 Å². The van der Waals surface area contributed by atoms with Crippen molar-refractivity contribution in [1.82, 2.24) is 5.32 Å². The maximum Gasteiger partial charge on any atom is 0.252 e. The number of carbonyl (C=O) groups excluding carboxylic acids is 1. The first-order valence-corrected chi connectivity index (χ1v) is 16.0. The van der Waals surface area contributed by atoms with Gasteiger partial charge >= 0.3 is 0 Å². The topological polar surface area (TPSA) is 80.2 Å². The molecule has 0 radical (unpaired) electrons. The summed E-state index contributed by atoms with van der Waals surface area (Å²) in [5.41, 5.74) is 2.51. The molecule has 0 fully saturated rings. The molecule has 0 unspecified atom stereocenters. The molecule has 222 valence electrons. The van der Waals surface area contributed by atoms with E-state index in [0.29, 0.717) is 37.6 Å². The fraction of sp³-hybridized carbons (Fsp3) is 0.257. The number of rotatable bonds is 13. The largest absolute Gasteiger partial charge is 0.494 e. The van der Waals surface area contributed by atoms with E-state index < -0.39 is 11.6 Å². The molecular formula is C35H34Br2N2O4. The van der Waals surface area contributed by atoms with Gasteiger partial charge in [0, 0.05) is 46.1 Å². The highest BCUT2D eigenvalue weighted by Gasteiger charge is 2.53. The molecular weight excluding hydrogens is 672 g/mol. The van der Waals surface area contributed by atoms with Gasteiger partial charge in [0.2, 0.25) is 5.90 Å². The standard InChI is InChI=1S/C35H34Br2N2O4/c36-30-15-6-4-13-27(30)24-35(34(41)38-21-8-12-25-10-2-1-3-11-25)32(29-14-5-7-16-31(29)37)43-33(39-35)26-17-19-28(20-18-26)42-23-9-22-40/h1-7,10-11,13-20,32,40H,8-9,12,21-24H2,(H,38,41)/t32-,35-/m1/s1.